The predicted octanol–water partition coefficient (Wildman–Crippen LogP) is 4.15. The highest BCUT2D eigenvalue weighted by atomic mass is 14.9. The minimum atomic E-state index is 1.00. The van der Waals surface area contributed by atoms with Crippen LogP contribution in [0.5, 0.6) is 0 Å². The molecule has 0 fully saturated rings. The summed E-state index contributed by atoms with van der Waals surface area (Å²) in [5.74, 6) is 0. The fourth-order valence-electron chi connectivity index (χ4n) is 2.47. The minimum Gasteiger partial charge on any atom is -0.315 e. The van der Waals surface area contributed by atoms with Crippen LogP contribution in [0.25, 0.3) is 27.8 Å². The highest BCUT2D eigenvalue weighted by Crippen LogP contribution is 2.23. The molecule has 19 heavy (non-hydrogen) atoms. The summed E-state index contributed by atoms with van der Waals surface area (Å²) in [5.41, 5.74) is 4.35. The van der Waals surface area contributed by atoms with Crippen LogP contribution in [0.4, 0.5) is 0 Å². The molecule has 0 aliphatic rings. The third-order valence-corrected chi connectivity index (χ3v) is 3.42. The van der Waals surface area contributed by atoms with E-state index in [-0.39, 0.29) is 0 Å². The molecular formula is C17H12N2. The molecule has 3 heterocycles. The van der Waals surface area contributed by atoms with E-state index >= 15 is 0 Å². The molecule has 0 aliphatic carbocycles. The Morgan fingerprint density at radius 3 is 2.63 bits per heavy atom. The fourth-order valence-corrected chi connectivity index (χ4v) is 2.47. The van der Waals surface area contributed by atoms with E-state index in [4.69, 9.17) is 4.98 Å². The number of pyridine rings is 2. The van der Waals surface area contributed by atoms with Gasteiger partial charge in [0.1, 0.15) is 0 Å². The number of benzene rings is 1. The van der Waals surface area contributed by atoms with Crippen molar-refractivity contribution in [2.75, 3.05) is 0 Å². The van der Waals surface area contributed by atoms with E-state index in [1.54, 1.807) is 0 Å². The van der Waals surface area contributed by atoms with Gasteiger partial charge in [0.15, 0.2) is 0 Å². The molecule has 3 aromatic heterocycles. The fraction of sp³-hybridized carbons (Fsp3) is 0. The summed E-state index contributed by atoms with van der Waals surface area (Å²) in [5, 5.41) is 1.17. The van der Waals surface area contributed by atoms with Crippen molar-refractivity contribution in [3.05, 3.63) is 72.9 Å². The van der Waals surface area contributed by atoms with E-state index in [1.807, 2.05) is 24.3 Å². The Kier molecular flexibility index (Phi) is 2.15. The minimum absolute atomic E-state index is 1.00. The second-order valence-electron chi connectivity index (χ2n) is 4.60. The standard InChI is InChI=1S/C17H12N2/c1-2-7-15-13(5-1)8-10-16(18-15)17-11-9-14-6-3-4-12-19(14)17/h1-12H. The van der Waals surface area contributed by atoms with Crippen molar-refractivity contribution in [1.29, 1.82) is 0 Å². The van der Waals surface area contributed by atoms with Gasteiger partial charge in [-0.05, 0) is 36.4 Å². The molecule has 4 aromatic rings. The van der Waals surface area contributed by atoms with E-state index < -0.39 is 0 Å². The molecule has 2 nitrogen and oxygen atoms in total. The topological polar surface area (TPSA) is 17.3 Å². The van der Waals surface area contributed by atoms with Crippen molar-refractivity contribution < 1.29 is 0 Å². The molecule has 0 bridgehead atoms. The van der Waals surface area contributed by atoms with E-state index in [0.717, 1.165) is 16.9 Å². The predicted molar refractivity (Wildman–Crippen MR) is 78.1 cm³/mol. The van der Waals surface area contributed by atoms with Gasteiger partial charge in [0.2, 0.25) is 0 Å². The van der Waals surface area contributed by atoms with Crippen LogP contribution in [0.15, 0.2) is 72.9 Å². The lowest BCUT2D eigenvalue weighted by atomic mass is 10.2. The van der Waals surface area contributed by atoms with E-state index in [9.17, 15) is 0 Å². The van der Waals surface area contributed by atoms with Crippen molar-refractivity contribution in [2.24, 2.45) is 0 Å². The van der Waals surface area contributed by atoms with Gasteiger partial charge in [0.25, 0.3) is 0 Å². The molecule has 0 radical (unpaired) electrons. The average molecular weight is 244 g/mol. The number of rotatable bonds is 1. The Balaban J connectivity index is 1.99. The average Bonchev–Trinajstić information content (AvgIpc) is 2.91. The van der Waals surface area contributed by atoms with Gasteiger partial charge in [-0.25, -0.2) is 4.98 Å². The second-order valence-corrected chi connectivity index (χ2v) is 4.60. The van der Waals surface area contributed by atoms with Crippen molar-refractivity contribution >= 4 is 16.4 Å². The van der Waals surface area contributed by atoms with Crippen LogP contribution in [0.1, 0.15) is 0 Å². The summed E-state index contributed by atoms with van der Waals surface area (Å²) in [6.45, 7) is 0. The maximum Gasteiger partial charge on any atom is 0.0877 e. The Labute approximate surface area is 111 Å². The van der Waals surface area contributed by atoms with Gasteiger partial charge in [-0.1, -0.05) is 30.3 Å². The lowest BCUT2D eigenvalue weighted by Crippen LogP contribution is -1.90. The van der Waals surface area contributed by atoms with Gasteiger partial charge >= 0.3 is 0 Å². The van der Waals surface area contributed by atoms with Gasteiger partial charge in [0, 0.05) is 17.1 Å². The summed E-state index contributed by atoms with van der Waals surface area (Å²) >= 11 is 0. The first-order valence-corrected chi connectivity index (χ1v) is 6.34. The van der Waals surface area contributed by atoms with Crippen molar-refractivity contribution in [1.82, 2.24) is 9.38 Å². The Morgan fingerprint density at radius 2 is 1.63 bits per heavy atom. The molecule has 0 saturated carbocycles. The number of para-hydroxylation sites is 1. The maximum absolute atomic E-state index is 4.75. The monoisotopic (exact) mass is 244 g/mol. The molecule has 90 valence electrons. The van der Waals surface area contributed by atoms with Crippen LogP contribution in [-0.4, -0.2) is 9.38 Å². The molecule has 0 unspecified atom stereocenters. The van der Waals surface area contributed by atoms with Gasteiger partial charge in [-0.3, -0.25) is 0 Å². The zero-order valence-corrected chi connectivity index (χ0v) is 10.3. The third kappa shape index (κ3) is 1.61. The number of aromatic nitrogens is 2. The Bertz CT molecular complexity index is 874. The molecule has 0 atom stereocenters. The van der Waals surface area contributed by atoms with E-state index in [1.165, 1.54) is 10.9 Å². The number of fused-ring (bicyclic) bond motifs is 2. The Hall–Kier alpha value is -2.61. The van der Waals surface area contributed by atoms with E-state index in [2.05, 4.69) is 53.1 Å². The summed E-state index contributed by atoms with van der Waals surface area (Å²) in [4.78, 5) is 4.75. The highest BCUT2D eigenvalue weighted by molar-refractivity contribution is 5.81. The van der Waals surface area contributed by atoms with Crippen molar-refractivity contribution in [3.63, 3.8) is 0 Å². The number of hydrogen-bond acceptors (Lipinski definition) is 1. The lowest BCUT2D eigenvalue weighted by molar-refractivity contribution is 1.18. The Morgan fingerprint density at radius 1 is 0.737 bits per heavy atom. The first kappa shape index (κ1) is 10.3. The van der Waals surface area contributed by atoms with E-state index in [0.29, 0.717) is 0 Å². The first-order valence-electron chi connectivity index (χ1n) is 6.34. The van der Waals surface area contributed by atoms with Crippen LogP contribution in [-0.2, 0) is 0 Å². The van der Waals surface area contributed by atoms with Gasteiger partial charge in [-0.2, -0.15) is 0 Å². The van der Waals surface area contributed by atoms with Crippen molar-refractivity contribution in [3.8, 4) is 11.4 Å². The first-order chi connectivity index (χ1) is 9.42. The smallest absolute Gasteiger partial charge is 0.0877 e. The quantitative estimate of drug-likeness (QED) is 0.491. The van der Waals surface area contributed by atoms with Crippen LogP contribution in [0.3, 0.4) is 0 Å². The molecular weight excluding hydrogens is 232 g/mol. The second kappa shape index (κ2) is 3.95. The molecule has 0 N–H and O–H groups in total. The molecule has 0 aliphatic heterocycles. The maximum atomic E-state index is 4.75. The number of nitrogens with zero attached hydrogens (tertiary/aromatic N) is 2. The largest absolute Gasteiger partial charge is 0.315 e. The van der Waals surface area contributed by atoms with Crippen LogP contribution < -0.4 is 0 Å². The molecule has 0 amide bonds. The molecule has 0 spiro atoms. The summed E-state index contributed by atoms with van der Waals surface area (Å²) in [7, 11) is 0. The van der Waals surface area contributed by atoms with Gasteiger partial charge in [-0.15, -0.1) is 0 Å². The zero-order valence-electron chi connectivity index (χ0n) is 10.3. The third-order valence-electron chi connectivity index (χ3n) is 3.42. The van der Waals surface area contributed by atoms with Gasteiger partial charge in [0.05, 0.1) is 16.9 Å². The lowest BCUT2D eigenvalue weighted by Gasteiger charge is -2.04. The van der Waals surface area contributed by atoms with Crippen LogP contribution in [0, 0.1) is 0 Å². The number of hydrogen-bond donors (Lipinski definition) is 0. The summed E-state index contributed by atoms with van der Waals surface area (Å²) < 4.78 is 2.16. The summed E-state index contributed by atoms with van der Waals surface area (Å²) in [6.07, 6.45) is 2.07. The van der Waals surface area contributed by atoms with Crippen LogP contribution >= 0.6 is 0 Å². The molecule has 0 saturated heterocycles. The van der Waals surface area contributed by atoms with Crippen molar-refractivity contribution in [2.45, 2.75) is 0 Å². The molecule has 1 aromatic carbocycles. The zero-order chi connectivity index (χ0) is 12.7. The van der Waals surface area contributed by atoms with Crippen LogP contribution in [0.2, 0.25) is 0 Å². The normalized spacial score (nSPS) is 11.2. The SMILES string of the molecule is c1ccc2nc(-c3ccc4ccccn34)ccc2c1. The highest BCUT2D eigenvalue weighted by Gasteiger charge is 2.05. The molecule has 4 rings (SSSR count). The molecule has 2 heteroatoms. The summed E-state index contributed by atoms with van der Waals surface area (Å²) in [6, 6.07) is 22.8. The van der Waals surface area contributed by atoms with Gasteiger partial charge < -0.3 is 4.40 Å².